The van der Waals surface area contributed by atoms with E-state index >= 15 is 0 Å². The molecule has 1 saturated heterocycles. The van der Waals surface area contributed by atoms with Gasteiger partial charge in [-0.2, -0.15) is 0 Å². The summed E-state index contributed by atoms with van der Waals surface area (Å²) in [4.78, 5) is 11.6. The number of thiazole rings is 1. The second kappa shape index (κ2) is 7.43. The summed E-state index contributed by atoms with van der Waals surface area (Å²) in [7, 11) is 0. The predicted octanol–water partition coefficient (Wildman–Crippen LogP) is 3.73. The van der Waals surface area contributed by atoms with Gasteiger partial charge in [-0.15, -0.1) is 16.4 Å². The van der Waals surface area contributed by atoms with Crippen LogP contribution in [0.2, 0.25) is 0 Å². The van der Waals surface area contributed by atoms with Gasteiger partial charge < -0.3 is 4.74 Å². The minimum absolute atomic E-state index is 0.117. The molecule has 0 aliphatic carbocycles. The molecule has 0 bridgehead atoms. The van der Waals surface area contributed by atoms with Gasteiger partial charge in [0.2, 0.25) is 0 Å². The number of aromatic nitrogens is 4. The van der Waals surface area contributed by atoms with Crippen LogP contribution in [0.15, 0.2) is 54.0 Å². The first-order valence-corrected chi connectivity index (χ1v) is 10.3. The first-order chi connectivity index (χ1) is 13.7. The molecule has 0 spiro atoms. The van der Waals surface area contributed by atoms with Crippen LogP contribution in [0.4, 0.5) is 0 Å². The van der Waals surface area contributed by atoms with Crippen molar-refractivity contribution in [3.8, 4) is 11.1 Å². The molecule has 5 rings (SSSR count). The van der Waals surface area contributed by atoms with E-state index in [4.69, 9.17) is 14.8 Å². The van der Waals surface area contributed by atoms with E-state index < -0.39 is 0 Å². The van der Waals surface area contributed by atoms with Crippen molar-refractivity contribution in [2.45, 2.75) is 19.6 Å². The van der Waals surface area contributed by atoms with E-state index in [1.807, 2.05) is 41.9 Å². The summed E-state index contributed by atoms with van der Waals surface area (Å²) < 4.78 is 7.83. The number of hydrogen-bond acceptors (Lipinski definition) is 6. The number of ether oxygens (including phenoxy) is 1. The van der Waals surface area contributed by atoms with Gasteiger partial charge in [0.05, 0.1) is 17.3 Å². The van der Waals surface area contributed by atoms with E-state index in [1.54, 1.807) is 11.3 Å². The lowest BCUT2D eigenvalue weighted by Gasteiger charge is -2.30. The van der Waals surface area contributed by atoms with Crippen LogP contribution in [0.3, 0.4) is 0 Å². The minimum Gasteiger partial charge on any atom is -0.367 e. The van der Waals surface area contributed by atoms with Crippen molar-refractivity contribution < 1.29 is 4.74 Å². The highest BCUT2D eigenvalue weighted by Crippen LogP contribution is 2.24. The van der Waals surface area contributed by atoms with Crippen LogP contribution < -0.4 is 0 Å². The largest absolute Gasteiger partial charge is 0.367 e. The van der Waals surface area contributed by atoms with E-state index in [0.717, 1.165) is 47.4 Å². The highest BCUT2D eigenvalue weighted by atomic mass is 32.1. The number of benzene rings is 1. The van der Waals surface area contributed by atoms with Gasteiger partial charge in [-0.25, -0.2) is 14.5 Å². The zero-order valence-electron chi connectivity index (χ0n) is 15.7. The Morgan fingerprint density at radius 2 is 2.00 bits per heavy atom. The summed E-state index contributed by atoms with van der Waals surface area (Å²) in [5, 5.41) is 7.95. The number of pyridine rings is 1. The molecule has 1 aliphatic heterocycles. The fourth-order valence-corrected chi connectivity index (χ4v) is 4.15. The molecule has 4 aromatic rings. The zero-order valence-corrected chi connectivity index (χ0v) is 16.5. The van der Waals surface area contributed by atoms with Crippen LogP contribution in [0.5, 0.6) is 0 Å². The Morgan fingerprint density at radius 1 is 1.11 bits per heavy atom. The quantitative estimate of drug-likeness (QED) is 0.530. The van der Waals surface area contributed by atoms with Crippen molar-refractivity contribution in [2.24, 2.45) is 0 Å². The maximum atomic E-state index is 5.98. The molecule has 0 amide bonds. The third-order valence-electron chi connectivity index (χ3n) is 4.95. The van der Waals surface area contributed by atoms with Gasteiger partial charge in [-0.1, -0.05) is 30.3 Å². The average Bonchev–Trinajstić information content (AvgIpc) is 3.34. The molecule has 0 unspecified atom stereocenters. The average molecular weight is 392 g/mol. The van der Waals surface area contributed by atoms with Crippen molar-refractivity contribution in [3.63, 3.8) is 0 Å². The summed E-state index contributed by atoms with van der Waals surface area (Å²) >= 11 is 1.70. The summed E-state index contributed by atoms with van der Waals surface area (Å²) in [6, 6.07) is 14.4. The lowest BCUT2D eigenvalue weighted by Crippen LogP contribution is -2.38. The Morgan fingerprint density at radius 3 is 2.82 bits per heavy atom. The number of nitrogens with zero attached hydrogens (tertiary/aromatic N) is 5. The monoisotopic (exact) mass is 391 g/mol. The van der Waals surface area contributed by atoms with Crippen LogP contribution in [-0.2, 0) is 11.3 Å². The Bertz CT molecular complexity index is 1090. The maximum absolute atomic E-state index is 5.98. The summed E-state index contributed by atoms with van der Waals surface area (Å²) in [5.41, 5.74) is 4.25. The van der Waals surface area contributed by atoms with Gasteiger partial charge in [0.15, 0.2) is 11.5 Å². The smallest absolute Gasteiger partial charge is 0.181 e. The fraction of sp³-hybridized carbons (Fsp3) is 0.286. The molecule has 3 aromatic heterocycles. The third-order valence-corrected chi connectivity index (χ3v) is 5.77. The molecule has 1 fully saturated rings. The summed E-state index contributed by atoms with van der Waals surface area (Å²) in [6.45, 7) is 5.24. The van der Waals surface area contributed by atoms with Gasteiger partial charge in [-0.3, -0.25) is 4.90 Å². The Kier molecular flexibility index (Phi) is 4.64. The van der Waals surface area contributed by atoms with E-state index in [-0.39, 0.29) is 6.10 Å². The summed E-state index contributed by atoms with van der Waals surface area (Å²) in [5.74, 6) is 0.740. The normalized spacial score (nSPS) is 18.0. The molecular weight excluding hydrogens is 370 g/mol. The first kappa shape index (κ1) is 17.5. The highest BCUT2D eigenvalue weighted by Gasteiger charge is 2.26. The van der Waals surface area contributed by atoms with Gasteiger partial charge in [-0.05, 0) is 24.6 Å². The molecule has 4 heterocycles. The van der Waals surface area contributed by atoms with Crippen molar-refractivity contribution in [1.82, 2.24) is 24.5 Å². The van der Waals surface area contributed by atoms with Crippen LogP contribution in [-0.4, -0.2) is 44.2 Å². The SMILES string of the molecule is Cc1nc(CN2CCO[C@H](c3nc4ccc(-c5ccccc5)cn4n3)C2)cs1. The number of rotatable bonds is 4. The molecule has 7 heteroatoms. The Hall–Kier alpha value is -2.61. The van der Waals surface area contributed by atoms with Crippen LogP contribution in [0.25, 0.3) is 16.8 Å². The number of hydrogen-bond donors (Lipinski definition) is 0. The van der Waals surface area contributed by atoms with Gasteiger partial charge >= 0.3 is 0 Å². The lowest BCUT2D eigenvalue weighted by atomic mass is 10.1. The second-order valence-corrected chi connectivity index (χ2v) is 8.07. The van der Waals surface area contributed by atoms with Crippen molar-refractivity contribution in [3.05, 3.63) is 70.6 Å². The zero-order chi connectivity index (χ0) is 18.9. The highest BCUT2D eigenvalue weighted by molar-refractivity contribution is 7.09. The van der Waals surface area contributed by atoms with Crippen LogP contribution in [0, 0.1) is 6.92 Å². The number of morpholine rings is 1. The van der Waals surface area contributed by atoms with E-state index in [9.17, 15) is 0 Å². The number of aryl methyl sites for hydroxylation is 1. The Balaban J connectivity index is 1.36. The molecule has 0 N–H and O–H groups in total. The molecule has 1 aliphatic rings. The number of fused-ring (bicyclic) bond motifs is 1. The molecule has 1 atom stereocenters. The minimum atomic E-state index is -0.117. The van der Waals surface area contributed by atoms with Gasteiger partial charge in [0, 0.05) is 36.8 Å². The molecule has 142 valence electrons. The first-order valence-electron chi connectivity index (χ1n) is 9.41. The summed E-state index contributed by atoms with van der Waals surface area (Å²) in [6.07, 6.45) is 1.91. The van der Waals surface area contributed by atoms with Gasteiger partial charge in [0.1, 0.15) is 6.10 Å². The lowest BCUT2D eigenvalue weighted by molar-refractivity contribution is -0.0373. The van der Waals surface area contributed by atoms with Crippen molar-refractivity contribution >= 4 is 17.0 Å². The van der Waals surface area contributed by atoms with E-state index in [1.165, 1.54) is 5.56 Å². The predicted molar refractivity (Wildman–Crippen MR) is 109 cm³/mol. The van der Waals surface area contributed by atoms with E-state index in [0.29, 0.717) is 6.61 Å². The second-order valence-electron chi connectivity index (χ2n) is 7.01. The molecular formula is C21H21N5OS. The molecule has 0 saturated carbocycles. The van der Waals surface area contributed by atoms with Gasteiger partial charge in [0.25, 0.3) is 0 Å². The molecule has 0 radical (unpaired) electrons. The van der Waals surface area contributed by atoms with Crippen LogP contribution in [0.1, 0.15) is 22.6 Å². The standard InChI is InChI=1S/C21H21N5OS/c1-15-22-18(14-28-15)12-25-9-10-27-19(13-25)21-23-20-8-7-17(11-26(20)24-21)16-5-3-2-4-6-16/h2-8,11,14,19H,9-10,12-13H2,1H3/t19-/m0/s1. The Labute approximate surface area is 167 Å². The van der Waals surface area contributed by atoms with E-state index in [2.05, 4.69) is 33.5 Å². The van der Waals surface area contributed by atoms with Crippen molar-refractivity contribution in [1.29, 1.82) is 0 Å². The molecule has 28 heavy (non-hydrogen) atoms. The third kappa shape index (κ3) is 3.56. The van der Waals surface area contributed by atoms with Crippen molar-refractivity contribution in [2.75, 3.05) is 19.7 Å². The molecule has 1 aromatic carbocycles. The fourth-order valence-electron chi connectivity index (χ4n) is 3.55. The maximum Gasteiger partial charge on any atom is 0.181 e. The van der Waals surface area contributed by atoms with Crippen LogP contribution >= 0.6 is 11.3 Å². The molecule has 6 nitrogen and oxygen atoms in total. The topological polar surface area (TPSA) is 55.5 Å².